The molecule has 0 unspecified atom stereocenters. The van der Waals surface area contributed by atoms with Crippen molar-refractivity contribution >= 4 is 35.4 Å². The number of halogens is 2. The van der Waals surface area contributed by atoms with Crippen molar-refractivity contribution < 1.29 is 9.53 Å². The van der Waals surface area contributed by atoms with Gasteiger partial charge in [-0.1, -0.05) is 35.3 Å². The topological polar surface area (TPSA) is 55.6 Å². The van der Waals surface area contributed by atoms with Crippen LogP contribution in [0.15, 0.2) is 53.6 Å². The molecule has 0 aliphatic rings. The summed E-state index contributed by atoms with van der Waals surface area (Å²) in [6.45, 7) is 6.59. The van der Waals surface area contributed by atoms with E-state index in [4.69, 9.17) is 27.9 Å². The standard InChI is InChI=1S/C23H23Cl2N3O2/c1-4-30-23(29)17-7-5-8-19(12-17)28-15(2)11-18(16(28)3)13-26-27-14-20-21(24)9-6-10-22(20)25/h5-13,27H,4,14H2,1-3H3/b26-13+. The third-order valence-corrected chi connectivity index (χ3v) is 5.41. The van der Waals surface area contributed by atoms with Gasteiger partial charge in [0.1, 0.15) is 0 Å². The molecule has 0 amide bonds. The molecule has 0 fully saturated rings. The maximum absolute atomic E-state index is 12.1. The van der Waals surface area contributed by atoms with Crippen molar-refractivity contribution in [2.45, 2.75) is 27.3 Å². The van der Waals surface area contributed by atoms with Crippen LogP contribution in [0.5, 0.6) is 0 Å². The molecule has 3 aromatic rings. The molecule has 0 aliphatic carbocycles. The van der Waals surface area contributed by atoms with E-state index in [-0.39, 0.29) is 5.97 Å². The molecule has 0 aliphatic heterocycles. The van der Waals surface area contributed by atoms with Gasteiger partial charge in [-0.3, -0.25) is 0 Å². The second-order valence-electron chi connectivity index (χ2n) is 6.73. The smallest absolute Gasteiger partial charge is 0.338 e. The van der Waals surface area contributed by atoms with Crippen LogP contribution in [0.4, 0.5) is 0 Å². The molecule has 0 spiro atoms. The van der Waals surface area contributed by atoms with E-state index in [1.807, 2.05) is 44.2 Å². The molecule has 0 saturated heterocycles. The van der Waals surface area contributed by atoms with Crippen LogP contribution in [0.3, 0.4) is 0 Å². The minimum atomic E-state index is -0.328. The van der Waals surface area contributed by atoms with Gasteiger partial charge >= 0.3 is 5.97 Å². The number of rotatable bonds is 7. The highest BCUT2D eigenvalue weighted by atomic mass is 35.5. The monoisotopic (exact) mass is 443 g/mol. The minimum absolute atomic E-state index is 0.328. The first-order valence-corrected chi connectivity index (χ1v) is 10.3. The molecular weight excluding hydrogens is 421 g/mol. The number of nitrogens with one attached hydrogen (secondary N) is 1. The van der Waals surface area contributed by atoms with Crippen LogP contribution in [0.1, 0.15) is 39.8 Å². The largest absolute Gasteiger partial charge is 0.462 e. The van der Waals surface area contributed by atoms with Crippen molar-refractivity contribution in [1.29, 1.82) is 0 Å². The summed E-state index contributed by atoms with van der Waals surface area (Å²) in [5.74, 6) is -0.328. The van der Waals surface area contributed by atoms with E-state index < -0.39 is 0 Å². The normalized spacial score (nSPS) is 11.1. The lowest BCUT2D eigenvalue weighted by Gasteiger charge is -2.11. The molecule has 0 saturated carbocycles. The summed E-state index contributed by atoms with van der Waals surface area (Å²) < 4.78 is 7.19. The molecule has 0 radical (unpaired) electrons. The van der Waals surface area contributed by atoms with E-state index in [1.54, 1.807) is 31.3 Å². The van der Waals surface area contributed by atoms with Crippen LogP contribution in [0.25, 0.3) is 5.69 Å². The number of aromatic nitrogens is 1. The minimum Gasteiger partial charge on any atom is -0.462 e. The van der Waals surface area contributed by atoms with E-state index >= 15 is 0 Å². The van der Waals surface area contributed by atoms with E-state index in [1.165, 1.54) is 0 Å². The second kappa shape index (κ2) is 9.83. The van der Waals surface area contributed by atoms with E-state index in [0.29, 0.717) is 28.8 Å². The number of carbonyl (C=O) groups is 1. The van der Waals surface area contributed by atoms with Gasteiger partial charge in [0.25, 0.3) is 0 Å². The number of hydrazone groups is 1. The van der Waals surface area contributed by atoms with Crippen LogP contribution < -0.4 is 5.43 Å². The zero-order valence-corrected chi connectivity index (χ0v) is 18.6. The van der Waals surface area contributed by atoms with Crippen molar-refractivity contribution in [2.75, 3.05) is 6.61 Å². The van der Waals surface area contributed by atoms with Gasteiger partial charge < -0.3 is 14.7 Å². The highest BCUT2D eigenvalue weighted by Crippen LogP contribution is 2.24. The molecule has 1 N–H and O–H groups in total. The molecule has 1 heterocycles. The Morgan fingerprint density at radius 1 is 1.13 bits per heavy atom. The molecule has 7 heteroatoms. The van der Waals surface area contributed by atoms with Gasteiger partial charge in [0, 0.05) is 38.2 Å². The Balaban J connectivity index is 1.78. The Morgan fingerprint density at radius 2 is 1.83 bits per heavy atom. The number of carbonyl (C=O) groups excluding carboxylic acids is 1. The van der Waals surface area contributed by atoms with Crippen LogP contribution in [0, 0.1) is 13.8 Å². The van der Waals surface area contributed by atoms with Crippen molar-refractivity contribution in [3.63, 3.8) is 0 Å². The van der Waals surface area contributed by atoms with E-state index in [9.17, 15) is 4.79 Å². The van der Waals surface area contributed by atoms with Gasteiger partial charge in [0.2, 0.25) is 0 Å². The molecular formula is C23H23Cl2N3O2. The fourth-order valence-electron chi connectivity index (χ4n) is 3.24. The lowest BCUT2D eigenvalue weighted by Crippen LogP contribution is -2.07. The van der Waals surface area contributed by atoms with Gasteiger partial charge in [-0.2, -0.15) is 5.10 Å². The predicted octanol–water partition coefficient (Wildman–Crippen LogP) is 5.70. The number of aryl methyl sites for hydroxylation is 1. The first-order valence-electron chi connectivity index (χ1n) is 9.57. The van der Waals surface area contributed by atoms with Gasteiger partial charge in [-0.05, 0) is 57.2 Å². The van der Waals surface area contributed by atoms with Crippen molar-refractivity contribution in [1.82, 2.24) is 9.99 Å². The van der Waals surface area contributed by atoms with Gasteiger partial charge in [-0.25, -0.2) is 4.79 Å². The summed E-state index contributed by atoms with van der Waals surface area (Å²) in [5, 5.41) is 5.52. The third kappa shape index (κ3) is 4.86. The number of ether oxygens (including phenoxy) is 1. The molecule has 30 heavy (non-hydrogen) atoms. The summed E-state index contributed by atoms with van der Waals surface area (Å²) in [5.41, 5.74) is 8.22. The lowest BCUT2D eigenvalue weighted by atomic mass is 10.2. The number of hydrogen-bond acceptors (Lipinski definition) is 4. The van der Waals surface area contributed by atoms with Crippen molar-refractivity contribution in [2.24, 2.45) is 5.10 Å². The number of esters is 1. The fourth-order valence-corrected chi connectivity index (χ4v) is 3.77. The average molecular weight is 444 g/mol. The molecule has 1 aromatic heterocycles. The Morgan fingerprint density at radius 3 is 2.53 bits per heavy atom. The molecule has 5 nitrogen and oxygen atoms in total. The number of hydrogen-bond donors (Lipinski definition) is 1. The molecule has 3 rings (SSSR count). The summed E-state index contributed by atoms with van der Waals surface area (Å²) in [6.07, 6.45) is 1.76. The van der Waals surface area contributed by atoms with E-state index in [0.717, 1.165) is 28.2 Å². The Bertz CT molecular complexity index is 1070. The van der Waals surface area contributed by atoms with E-state index in [2.05, 4.69) is 15.1 Å². The van der Waals surface area contributed by atoms with Crippen molar-refractivity contribution in [3.8, 4) is 5.69 Å². The Hall–Kier alpha value is -2.76. The van der Waals surface area contributed by atoms with Crippen LogP contribution in [0.2, 0.25) is 10.0 Å². The summed E-state index contributed by atoms with van der Waals surface area (Å²) >= 11 is 12.4. The average Bonchev–Trinajstić information content (AvgIpc) is 3.00. The van der Waals surface area contributed by atoms with Gasteiger partial charge in [-0.15, -0.1) is 0 Å². The maximum atomic E-state index is 12.1. The summed E-state index contributed by atoms with van der Waals surface area (Å²) in [4.78, 5) is 12.1. The highest BCUT2D eigenvalue weighted by Gasteiger charge is 2.12. The van der Waals surface area contributed by atoms with Crippen LogP contribution in [-0.4, -0.2) is 23.4 Å². The second-order valence-corrected chi connectivity index (χ2v) is 7.54. The quantitative estimate of drug-likeness (QED) is 0.289. The third-order valence-electron chi connectivity index (χ3n) is 4.70. The molecule has 156 valence electrons. The summed E-state index contributed by atoms with van der Waals surface area (Å²) in [6, 6.07) is 14.8. The predicted molar refractivity (Wildman–Crippen MR) is 122 cm³/mol. The highest BCUT2D eigenvalue weighted by molar-refractivity contribution is 6.35. The maximum Gasteiger partial charge on any atom is 0.338 e. The fraction of sp³-hybridized carbons (Fsp3) is 0.217. The van der Waals surface area contributed by atoms with Crippen LogP contribution >= 0.6 is 23.2 Å². The summed E-state index contributed by atoms with van der Waals surface area (Å²) in [7, 11) is 0. The first kappa shape index (κ1) is 21.9. The molecule has 0 bridgehead atoms. The molecule has 0 atom stereocenters. The Kier molecular flexibility index (Phi) is 7.19. The number of benzene rings is 2. The zero-order valence-electron chi connectivity index (χ0n) is 17.1. The molecule has 2 aromatic carbocycles. The zero-order chi connectivity index (χ0) is 21.7. The van der Waals surface area contributed by atoms with Gasteiger partial charge in [0.05, 0.1) is 24.9 Å². The lowest BCUT2D eigenvalue weighted by molar-refractivity contribution is 0.0526. The Labute approximate surface area is 186 Å². The van der Waals surface area contributed by atoms with Gasteiger partial charge in [0.15, 0.2) is 0 Å². The van der Waals surface area contributed by atoms with Crippen molar-refractivity contribution in [3.05, 3.63) is 86.7 Å². The van der Waals surface area contributed by atoms with Crippen LogP contribution in [-0.2, 0) is 11.3 Å². The SMILES string of the molecule is CCOC(=O)c1cccc(-n2c(C)cc(/C=N/NCc3c(Cl)cccc3Cl)c2C)c1. The first-order chi connectivity index (χ1) is 14.4. The number of nitrogens with zero attached hydrogens (tertiary/aromatic N) is 2.